The minimum atomic E-state index is -3.58. The predicted molar refractivity (Wildman–Crippen MR) is 53.9 cm³/mol. The zero-order valence-electron chi connectivity index (χ0n) is 7.20. The molecule has 14 heavy (non-hydrogen) atoms. The fraction of sp³-hybridized carbons (Fsp3) is 0.286. The summed E-state index contributed by atoms with van der Waals surface area (Å²) in [6.07, 6.45) is 1.30. The topological polar surface area (TPSA) is 56.3 Å². The lowest BCUT2D eigenvalue weighted by Crippen LogP contribution is -2.06. The number of aromatic nitrogens is 1. The number of nitrogens with zero attached hydrogens (tertiary/aromatic N) is 1. The number of hydrogen-bond donors (Lipinski definition) is 0. The molecule has 0 saturated carbocycles. The van der Waals surface area contributed by atoms with E-state index >= 15 is 0 Å². The Labute approximate surface area is 91.9 Å². The molecular weight excluding hydrogens is 249 g/mol. The average molecular weight is 256 g/mol. The summed E-state index contributed by atoms with van der Waals surface area (Å²) in [5.41, 5.74) is 0.369. The van der Waals surface area contributed by atoms with Gasteiger partial charge in [-0.15, -0.1) is 0 Å². The van der Waals surface area contributed by atoms with Crippen LogP contribution in [0.3, 0.4) is 0 Å². The molecule has 0 unspecified atom stereocenters. The highest BCUT2D eigenvalue weighted by atomic mass is 35.5. The molecule has 0 atom stereocenters. The van der Waals surface area contributed by atoms with E-state index in [0.717, 1.165) is 7.11 Å². The van der Waals surface area contributed by atoms with Crippen LogP contribution in [-0.4, -0.2) is 20.5 Å². The van der Waals surface area contributed by atoms with Crippen molar-refractivity contribution in [2.45, 2.75) is 5.75 Å². The van der Waals surface area contributed by atoms with E-state index in [1.807, 2.05) is 0 Å². The quantitative estimate of drug-likeness (QED) is 0.611. The first-order valence-corrected chi connectivity index (χ1v) is 5.86. The van der Waals surface area contributed by atoms with Crippen molar-refractivity contribution in [2.24, 2.45) is 0 Å². The first-order valence-electron chi connectivity index (χ1n) is 3.53. The minimum absolute atomic E-state index is 0.190. The number of rotatable bonds is 3. The van der Waals surface area contributed by atoms with Crippen molar-refractivity contribution < 1.29 is 12.6 Å². The van der Waals surface area contributed by atoms with Gasteiger partial charge in [0.05, 0.1) is 12.1 Å². The van der Waals surface area contributed by atoms with Gasteiger partial charge in [-0.2, -0.15) is 8.42 Å². The first-order chi connectivity index (χ1) is 6.44. The maximum Gasteiger partial charge on any atom is 0.271 e. The lowest BCUT2D eigenvalue weighted by atomic mass is 10.3. The van der Waals surface area contributed by atoms with E-state index in [4.69, 9.17) is 23.2 Å². The highest BCUT2D eigenvalue weighted by molar-refractivity contribution is 7.85. The molecule has 1 aromatic heterocycles. The summed E-state index contributed by atoms with van der Waals surface area (Å²) >= 11 is 11.3. The summed E-state index contributed by atoms with van der Waals surface area (Å²) < 4.78 is 26.5. The maximum absolute atomic E-state index is 11.1. The van der Waals surface area contributed by atoms with E-state index in [9.17, 15) is 8.42 Å². The highest BCUT2D eigenvalue weighted by Gasteiger charge is 2.13. The smallest absolute Gasteiger partial charge is 0.271 e. The van der Waals surface area contributed by atoms with Crippen molar-refractivity contribution in [1.29, 1.82) is 0 Å². The second-order valence-electron chi connectivity index (χ2n) is 2.47. The molecule has 0 radical (unpaired) electrons. The Morgan fingerprint density at radius 1 is 1.50 bits per heavy atom. The summed E-state index contributed by atoms with van der Waals surface area (Å²) in [5.74, 6) is -0.315. The Morgan fingerprint density at radius 3 is 2.71 bits per heavy atom. The van der Waals surface area contributed by atoms with Gasteiger partial charge >= 0.3 is 0 Å². The Balaban J connectivity index is 3.03. The third-order valence-corrected chi connectivity index (χ3v) is 3.21. The zero-order chi connectivity index (χ0) is 10.8. The first kappa shape index (κ1) is 11.7. The molecule has 0 fully saturated rings. The average Bonchev–Trinajstić information content (AvgIpc) is 2.11. The summed E-state index contributed by atoms with van der Waals surface area (Å²) in [4.78, 5) is 3.69. The van der Waals surface area contributed by atoms with Gasteiger partial charge in [0.1, 0.15) is 10.9 Å². The van der Waals surface area contributed by atoms with Crippen molar-refractivity contribution in [1.82, 2.24) is 4.98 Å². The van der Waals surface area contributed by atoms with E-state index in [2.05, 4.69) is 9.17 Å². The van der Waals surface area contributed by atoms with E-state index in [1.165, 1.54) is 12.3 Å². The van der Waals surface area contributed by atoms with Crippen LogP contribution in [-0.2, 0) is 20.1 Å². The van der Waals surface area contributed by atoms with E-state index in [0.29, 0.717) is 5.56 Å². The Bertz CT molecular complexity index is 433. The lowest BCUT2D eigenvalue weighted by Gasteiger charge is -2.03. The predicted octanol–water partition coefficient (Wildman–Crippen LogP) is 1.86. The van der Waals surface area contributed by atoms with Crippen molar-refractivity contribution in [3.63, 3.8) is 0 Å². The molecule has 7 heteroatoms. The largest absolute Gasteiger partial charge is 0.273 e. The maximum atomic E-state index is 11.1. The van der Waals surface area contributed by atoms with E-state index in [-0.39, 0.29) is 15.9 Å². The SMILES string of the molecule is COS(=O)(=O)Cc1cc(Cl)ncc1Cl. The summed E-state index contributed by atoms with van der Waals surface area (Å²) in [7, 11) is -2.49. The second kappa shape index (κ2) is 4.44. The number of pyridine rings is 1. The van der Waals surface area contributed by atoms with Gasteiger partial charge in [0.15, 0.2) is 0 Å². The van der Waals surface area contributed by atoms with Gasteiger partial charge < -0.3 is 0 Å². The number of hydrogen-bond acceptors (Lipinski definition) is 4. The minimum Gasteiger partial charge on any atom is -0.273 e. The Morgan fingerprint density at radius 2 is 2.14 bits per heavy atom. The molecule has 0 aromatic carbocycles. The molecule has 0 saturated heterocycles. The van der Waals surface area contributed by atoms with E-state index in [1.54, 1.807) is 0 Å². The van der Waals surface area contributed by atoms with Gasteiger partial charge in [0, 0.05) is 6.20 Å². The molecule has 0 aliphatic carbocycles. The van der Waals surface area contributed by atoms with Crippen LogP contribution in [0.4, 0.5) is 0 Å². The van der Waals surface area contributed by atoms with Crippen LogP contribution in [0.1, 0.15) is 5.56 Å². The molecule has 0 aliphatic rings. The standard InChI is InChI=1S/C7H7Cl2NO3S/c1-13-14(11,12)4-5-2-7(9)10-3-6(5)8/h2-3H,4H2,1H3. The third kappa shape index (κ3) is 3.09. The van der Waals surface area contributed by atoms with E-state index < -0.39 is 10.1 Å². The van der Waals surface area contributed by atoms with Crippen LogP contribution < -0.4 is 0 Å². The molecule has 78 valence electrons. The molecule has 1 heterocycles. The molecule has 0 spiro atoms. The fourth-order valence-electron chi connectivity index (χ4n) is 0.811. The van der Waals surface area contributed by atoms with Crippen LogP contribution in [0.5, 0.6) is 0 Å². The summed E-state index contributed by atoms with van der Waals surface area (Å²) in [6.45, 7) is 0. The van der Waals surface area contributed by atoms with Gasteiger partial charge in [-0.3, -0.25) is 4.18 Å². The Kier molecular flexibility index (Phi) is 3.71. The molecule has 1 rings (SSSR count). The van der Waals surface area contributed by atoms with Gasteiger partial charge in [-0.25, -0.2) is 4.98 Å². The molecule has 0 aliphatic heterocycles. The van der Waals surface area contributed by atoms with Crippen molar-refractivity contribution in [3.05, 3.63) is 28.0 Å². The summed E-state index contributed by atoms with van der Waals surface area (Å²) in [5, 5.41) is 0.436. The normalized spacial score (nSPS) is 11.6. The van der Waals surface area contributed by atoms with Gasteiger partial charge in [-0.1, -0.05) is 23.2 Å². The van der Waals surface area contributed by atoms with Crippen molar-refractivity contribution >= 4 is 33.3 Å². The summed E-state index contributed by atoms with van der Waals surface area (Å²) in [6, 6.07) is 1.39. The van der Waals surface area contributed by atoms with Crippen LogP contribution in [0.15, 0.2) is 12.3 Å². The zero-order valence-corrected chi connectivity index (χ0v) is 9.53. The fourth-order valence-corrected chi connectivity index (χ4v) is 1.98. The molecular formula is C7H7Cl2NO3S. The molecule has 0 bridgehead atoms. The van der Waals surface area contributed by atoms with Crippen LogP contribution in [0.25, 0.3) is 0 Å². The number of halogens is 2. The molecule has 0 N–H and O–H groups in total. The van der Waals surface area contributed by atoms with Crippen LogP contribution >= 0.6 is 23.2 Å². The van der Waals surface area contributed by atoms with Gasteiger partial charge in [0.2, 0.25) is 0 Å². The van der Waals surface area contributed by atoms with Crippen molar-refractivity contribution in [2.75, 3.05) is 7.11 Å². The molecule has 4 nitrogen and oxygen atoms in total. The van der Waals surface area contributed by atoms with Crippen molar-refractivity contribution in [3.8, 4) is 0 Å². The van der Waals surface area contributed by atoms with Gasteiger partial charge in [-0.05, 0) is 11.6 Å². The third-order valence-electron chi connectivity index (χ3n) is 1.49. The van der Waals surface area contributed by atoms with Crippen LogP contribution in [0, 0.1) is 0 Å². The van der Waals surface area contributed by atoms with Gasteiger partial charge in [0.25, 0.3) is 10.1 Å². The lowest BCUT2D eigenvalue weighted by molar-refractivity contribution is 0.397. The Hall–Kier alpha value is -0.360. The molecule has 1 aromatic rings. The second-order valence-corrected chi connectivity index (χ2v) is 5.00. The van der Waals surface area contributed by atoms with Crippen LogP contribution in [0.2, 0.25) is 10.2 Å². The molecule has 0 amide bonds. The monoisotopic (exact) mass is 255 g/mol. The highest BCUT2D eigenvalue weighted by Crippen LogP contribution is 2.20.